The highest BCUT2D eigenvalue weighted by atomic mass is 16.4. The third kappa shape index (κ3) is 5.60. The van der Waals surface area contributed by atoms with Crippen LogP contribution >= 0.6 is 0 Å². The minimum absolute atomic E-state index is 0.270. The molecule has 0 heterocycles. The predicted octanol–water partition coefficient (Wildman–Crippen LogP) is 0.600. The van der Waals surface area contributed by atoms with E-state index in [0.29, 0.717) is 12.6 Å². The Morgan fingerprint density at radius 3 is 2.31 bits per heavy atom. The maximum absolute atomic E-state index is 10.2. The van der Waals surface area contributed by atoms with E-state index in [2.05, 4.69) is 19.2 Å². The van der Waals surface area contributed by atoms with E-state index in [1.165, 1.54) is 0 Å². The van der Waals surface area contributed by atoms with Crippen LogP contribution in [0.3, 0.4) is 0 Å². The number of aliphatic carboxylic acids is 1. The normalized spacial score (nSPS) is 13.2. The Hall–Kier alpha value is -0.610. The smallest absolute Gasteiger partial charge is 0.332 e. The lowest BCUT2D eigenvalue weighted by atomic mass is 10.1. The average Bonchev–Trinajstić information content (AvgIpc) is 2.12. The van der Waals surface area contributed by atoms with Gasteiger partial charge < -0.3 is 15.5 Å². The van der Waals surface area contributed by atoms with Crippen LogP contribution < -0.4 is 5.32 Å². The molecule has 78 valence electrons. The summed E-state index contributed by atoms with van der Waals surface area (Å²) in [7, 11) is 0. The molecule has 0 saturated carbocycles. The quantitative estimate of drug-likeness (QED) is 0.548. The van der Waals surface area contributed by atoms with Crippen molar-refractivity contribution in [2.75, 3.05) is 6.54 Å². The minimum Gasteiger partial charge on any atom is -0.479 e. The minimum atomic E-state index is -1.23. The van der Waals surface area contributed by atoms with Gasteiger partial charge in [0, 0.05) is 6.04 Å². The molecule has 0 aliphatic carbocycles. The van der Waals surface area contributed by atoms with Gasteiger partial charge in [-0.3, -0.25) is 0 Å². The lowest BCUT2D eigenvalue weighted by Gasteiger charge is -2.14. The maximum atomic E-state index is 10.2. The highest BCUT2D eigenvalue weighted by Gasteiger charge is 2.12. The fourth-order valence-electron chi connectivity index (χ4n) is 1.13. The van der Waals surface area contributed by atoms with E-state index in [-0.39, 0.29) is 6.42 Å². The van der Waals surface area contributed by atoms with Crippen molar-refractivity contribution in [2.45, 2.75) is 45.3 Å². The maximum Gasteiger partial charge on any atom is 0.332 e. The summed E-state index contributed by atoms with van der Waals surface area (Å²) in [5.74, 6) is -1.15. The Labute approximate surface area is 79.0 Å². The van der Waals surface area contributed by atoms with E-state index in [9.17, 15) is 4.79 Å². The molecule has 0 aliphatic rings. The molecule has 0 rings (SSSR count). The van der Waals surface area contributed by atoms with Gasteiger partial charge in [0.1, 0.15) is 0 Å². The number of rotatable bonds is 7. The Morgan fingerprint density at radius 2 is 1.92 bits per heavy atom. The summed E-state index contributed by atoms with van der Waals surface area (Å²) in [6.45, 7) is 4.71. The molecule has 1 unspecified atom stereocenters. The molecule has 1 atom stereocenters. The number of carboxylic acids is 1. The van der Waals surface area contributed by atoms with E-state index in [4.69, 9.17) is 10.2 Å². The van der Waals surface area contributed by atoms with Crippen molar-refractivity contribution in [2.24, 2.45) is 0 Å². The topological polar surface area (TPSA) is 69.6 Å². The Kier molecular flexibility index (Phi) is 6.54. The number of carboxylic acid groups (broad SMARTS) is 1. The van der Waals surface area contributed by atoms with E-state index in [1.807, 2.05) is 0 Å². The molecule has 0 bridgehead atoms. The van der Waals surface area contributed by atoms with Crippen molar-refractivity contribution >= 4 is 5.97 Å². The molecule has 0 radical (unpaired) electrons. The highest BCUT2D eigenvalue weighted by molar-refractivity contribution is 5.71. The Bertz CT molecular complexity index is 146. The summed E-state index contributed by atoms with van der Waals surface area (Å²) < 4.78 is 0. The Morgan fingerprint density at radius 1 is 1.38 bits per heavy atom. The summed E-state index contributed by atoms with van der Waals surface area (Å²) in [5.41, 5.74) is 0. The van der Waals surface area contributed by atoms with Crippen molar-refractivity contribution in [1.29, 1.82) is 0 Å². The molecule has 0 fully saturated rings. The molecule has 4 nitrogen and oxygen atoms in total. The van der Waals surface area contributed by atoms with E-state index >= 15 is 0 Å². The van der Waals surface area contributed by atoms with Gasteiger partial charge in [0.2, 0.25) is 0 Å². The van der Waals surface area contributed by atoms with Gasteiger partial charge in [-0.05, 0) is 25.8 Å². The summed E-state index contributed by atoms with van der Waals surface area (Å²) in [6.07, 6.45) is 1.09. The average molecular weight is 189 g/mol. The molecule has 0 spiro atoms. The first-order chi connectivity index (χ1) is 6.11. The van der Waals surface area contributed by atoms with Crippen LogP contribution in [0.2, 0.25) is 0 Å². The second kappa shape index (κ2) is 6.86. The van der Waals surface area contributed by atoms with Gasteiger partial charge in [-0.15, -0.1) is 0 Å². The second-order valence-corrected chi connectivity index (χ2v) is 3.11. The molecule has 0 aromatic carbocycles. The molecule has 0 amide bonds. The largest absolute Gasteiger partial charge is 0.479 e. The lowest BCUT2D eigenvalue weighted by molar-refractivity contribution is -0.146. The molecule has 0 saturated heterocycles. The zero-order valence-corrected chi connectivity index (χ0v) is 8.29. The van der Waals surface area contributed by atoms with Gasteiger partial charge in [-0.2, -0.15) is 0 Å². The standard InChI is InChI=1S/C9H19NO3/c1-3-7(4-2)10-6-5-8(11)9(12)13/h7-8,10-11H,3-6H2,1-2H3,(H,12,13). The van der Waals surface area contributed by atoms with Crippen LogP contribution in [0, 0.1) is 0 Å². The number of hydrogen-bond donors (Lipinski definition) is 3. The first-order valence-corrected chi connectivity index (χ1v) is 4.76. The van der Waals surface area contributed by atoms with Crippen molar-refractivity contribution in [1.82, 2.24) is 5.32 Å². The van der Waals surface area contributed by atoms with E-state index in [0.717, 1.165) is 12.8 Å². The van der Waals surface area contributed by atoms with Crippen molar-refractivity contribution in [3.63, 3.8) is 0 Å². The highest BCUT2D eigenvalue weighted by Crippen LogP contribution is 1.97. The van der Waals surface area contributed by atoms with Gasteiger partial charge in [0.25, 0.3) is 0 Å². The molecule has 0 aromatic rings. The van der Waals surface area contributed by atoms with Crippen LogP contribution in [0.4, 0.5) is 0 Å². The van der Waals surface area contributed by atoms with Crippen LogP contribution in [0.5, 0.6) is 0 Å². The first kappa shape index (κ1) is 12.4. The summed E-state index contributed by atoms with van der Waals surface area (Å²) >= 11 is 0. The monoisotopic (exact) mass is 189 g/mol. The molecule has 0 aliphatic heterocycles. The number of carbonyl (C=O) groups is 1. The van der Waals surface area contributed by atoms with Gasteiger partial charge in [0.05, 0.1) is 0 Å². The third-order valence-corrected chi connectivity index (χ3v) is 2.12. The summed E-state index contributed by atoms with van der Waals surface area (Å²) in [5, 5.41) is 20.5. The lowest BCUT2D eigenvalue weighted by Crippen LogP contribution is -2.32. The van der Waals surface area contributed by atoms with Crippen LogP contribution in [0.1, 0.15) is 33.1 Å². The predicted molar refractivity (Wildman–Crippen MR) is 50.6 cm³/mol. The van der Waals surface area contributed by atoms with Crippen molar-refractivity contribution in [3.8, 4) is 0 Å². The van der Waals surface area contributed by atoms with Crippen LogP contribution in [0.15, 0.2) is 0 Å². The molecule has 13 heavy (non-hydrogen) atoms. The van der Waals surface area contributed by atoms with E-state index < -0.39 is 12.1 Å². The molecule has 3 N–H and O–H groups in total. The molecule has 4 heteroatoms. The molecule has 0 aromatic heterocycles. The van der Waals surface area contributed by atoms with Crippen LogP contribution in [-0.2, 0) is 4.79 Å². The zero-order valence-electron chi connectivity index (χ0n) is 8.29. The number of aliphatic hydroxyl groups excluding tert-OH is 1. The molecular weight excluding hydrogens is 170 g/mol. The summed E-state index contributed by atoms with van der Waals surface area (Å²) in [4.78, 5) is 10.2. The summed E-state index contributed by atoms with van der Waals surface area (Å²) in [6, 6.07) is 0.431. The van der Waals surface area contributed by atoms with Crippen LogP contribution in [-0.4, -0.2) is 34.9 Å². The SMILES string of the molecule is CCC(CC)NCCC(O)C(=O)O. The number of hydrogen-bond acceptors (Lipinski definition) is 3. The number of nitrogens with one attached hydrogen (secondary N) is 1. The van der Waals surface area contributed by atoms with Gasteiger partial charge in [-0.25, -0.2) is 4.79 Å². The zero-order chi connectivity index (χ0) is 10.3. The fraction of sp³-hybridized carbons (Fsp3) is 0.889. The van der Waals surface area contributed by atoms with Gasteiger partial charge in [-0.1, -0.05) is 13.8 Å². The third-order valence-electron chi connectivity index (χ3n) is 2.12. The van der Waals surface area contributed by atoms with E-state index in [1.54, 1.807) is 0 Å². The Balaban J connectivity index is 3.48. The first-order valence-electron chi connectivity index (χ1n) is 4.76. The second-order valence-electron chi connectivity index (χ2n) is 3.11. The van der Waals surface area contributed by atoms with Crippen molar-refractivity contribution < 1.29 is 15.0 Å². The fourth-order valence-corrected chi connectivity index (χ4v) is 1.13. The molecular formula is C9H19NO3. The van der Waals surface area contributed by atoms with Gasteiger partial charge in [0.15, 0.2) is 6.10 Å². The number of aliphatic hydroxyl groups is 1. The van der Waals surface area contributed by atoms with Crippen molar-refractivity contribution in [3.05, 3.63) is 0 Å². The van der Waals surface area contributed by atoms with Gasteiger partial charge >= 0.3 is 5.97 Å². The van der Waals surface area contributed by atoms with Crippen LogP contribution in [0.25, 0.3) is 0 Å².